The first kappa shape index (κ1) is 20.3. The molecule has 2 aromatic rings. The Balaban J connectivity index is 1.53. The van der Waals surface area contributed by atoms with Gasteiger partial charge in [0.2, 0.25) is 5.91 Å². The molecule has 1 amide bonds. The molecule has 1 fully saturated rings. The molecule has 0 aliphatic carbocycles. The average molecular weight is 388 g/mol. The van der Waals surface area contributed by atoms with E-state index in [9.17, 15) is 9.18 Å². The highest BCUT2D eigenvalue weighted by Crippen LogP contribution is 2.32. The second-order valence-corrected chi connectivity index (χ2v) is 7.58. The minimum atomic E-state index is -0.322. The summed E-state index contributed by atoms with van der Waals surface area (Å²) in [4.78, 5) is 16.8. The van der Waals surface area contributed by atoms with Crippen molar-refractivity contribution < 1.29 is 13.9 Å². The Kier molecular flexibility index (Phi) is 6.67. The quantitative estimate of drug-likeness (QED) is 0.652. The van der Waals surface area contributed by atoms with E-state index >= 15 is 0 Å². The van der Waals surface area contributed by atoms with Crippen molar-refractivity contribution in [2.24, 2.45) is 7.05 Å². The summed E-state index contributed by atoms with van der Waals surface area (Å²) in [6.07, 6.45) is 2.97. The van der Waals surface area contributed by atoms with Crippen molar-refractivity contribution >= 4 is 5.91 Å². The maximum absolute atomic E-state index is 13.2. The van der Waals surface area contributed by atoms with Gasteiger partial charge in [-0.25, -0.2) is 4.39 Å². The van der Waals surface area contributed by atoms with Gasteiger partial charge in [0.15, 0.2) is 0 Å². The number of benzene rings is 1. The highest BCUT2D eigenvalue weighted by Gasteiger charge is 2.31. The number of likely N-dealkylation sites (tertiary alicyclic amines) is 1. The number of ether oxygens (including phenoxy) is 1. The van der Waals surface area contributed by atoms with E-state index in [4.69, 9.17) is 4.74 Å². The summed E-state index contributed by atoms with van der Waals surface area (Å²) in [6.45, 7) is 1.99. The van der Waals surface area contributed by atoms with Crippen molar-refractivity contribution in [1.82, 2.24) is 19.6 Å². The lowest BCUT2D eigenvalue weighted by molar-refractivity contribution is -0.132. The first-order valence-electron chi connectivity index (χ1n) is 9.79. The minimum Gasteiger partial charge on any atom is -0.493 e. The first-order chi connectivity index (χ1) is 13.4. The lowest BCUT2D eigenvalue weighted by atomic mass is 10.1. The third kappa shape index (κ3) is 5.10. The molecule has 1 aromatic heterocycles. The van der Waals surface area contributed by atoms with Crippen molar-refractivity contribution in [2.45, 2.75) is 38.3 Å². The van der Waals surface area contributed by atoms with Gasteiger partial charge in [0.05, 0.1) is 24.0 Å². The largest absolute Gasteiger partial charge is 0.493 e. The average Bonchev–Trinajstić information content (AvgIpc) is 3.25. The lowest BCUT2D eigenvalue weighted by Gasteiger charge is -2.23. The van der Waals surface area contributed by atoms with Crippen LogP contribution in [0, 0.1) is 5.82 Å². The number of carbonyl (C=O) groups excluding carboxylic acids is 1. The highest BCUT2D eigenvalue weighted by atomic mass is 19.1. The van der Waals surface area contributed by atoms with Gasteiger partial charge in [-0.2, -0.15) is 5.10 Å². The predicted octanol–water partition coefficient (Wildman–Crippen LogP) is 3.14. The van der Waals surface area contributed by atoms with Crippen LogP contribution < -0.4 is 4.74 Å². The van der Waals surface area contributed by atoms with Crippen LogP contribution in [0.4, 0.5) is 4.39 Å². The maximum atomic E-state index is 13.2. The smallest absolute Gasteiger partial charge is 0.223 e. The fourth-order valence-electron chi connectivity index (χ4n) is 3.65. The molecule has 3 rings (SSSR count). The fourth-order valence-corrected chi connectivity index (χ4v) is 3.65. The summed E-state index contributed by atoms with van der Waals surface area (Å²) in [5, 5.41) is 4.66. The molecule has 1 unspecified atom stereocenters. The van der Waals surface area contributed by atoms with Gasteiger partial charge >= 0.3 is 0 Å². The monoisotopic (exact) mass is 388 g/mol. The fraction of sp³-hybridized carbons (Fsp3) is 0.524. The molecule has 1 saturated heterocycles. The molecule has 1 aromatic carbocycles. The predicted molar refractivity (Wildman–Crippen MR) is 105 cm³/mol. The van der Waals surface area contributed by atoms with Crippen LogP contribution in [0.5, 0.6) is 5.75 Å². The Hall–Kier alpha value is -2.41. The van der Waals surface area contributed by atoms with Crippen LogP contribution in [-0.4, -0.2) is 52.7 Å². The lowest BCUT2D eigenvalue weighted by Crippen LogP contribution is -2.30. The Morgan fingerprint density at radius 3 is 2.93 bits per heavy atom. The van der Waals surface area contributed by atoms with Gasteiger partial charge in [-0.05, 0) is 51.6 Å². The van der Waals surface area contributed by atoms with Gasteiger partial charge in [0, 0.05) is 32.6 Å². The molecule has 2 heterocycles. The summed E-state index contributed by atoms with van der Waals surface area (Å²) in [6, 6.07) is 8.23. The zero-order valence-electron chi connectivity index (χ0n) is 16.9. The summed E-state index contributed by atoms with van der Waals surface area (Å²) < 4.78 is 20.6. The van der Waals surface area contributed by atoms with Crippen molar-refractivity contribution in [3.63, 3.8) is 0 Å². The van der Waals surface area contributed by atoms with Gasteiger partial charge < -0.3 is 14.5 Å². The zero-order chi connectivity index (χ0) is 20.1. The molecule has 0 bridgehead atoms. The molecule has 0 radical (unpaired) electrons. The Labute approximate surface area is 165 Å². The molecule has 1 aliphatic heterocycles. The van der Waals surface area contributed by atoms with Crippen LogP contribution in [-0.2, 0) is 18.4 Å². The van der Waals surface area contributed by atoms with E-state index < -0.39 is 0 Å². The highest BCUT2D eigenvalue weighted by molar-refractivity contribution is 5.77. The van der Waals surface area contributed by atoms with Crippen molar-refractivity contribution in [1.29, 1.82) is 0 Å². The van der Waals surface area contributed by atoms with Crippen LogP contribution in [0.15, 0.2) is 30.3 Å². The third-order valence-corrected chi connectivity index (χ3v) is 4.99. The summed E-state index contributed by atoms with van der Waals surface area (Å²) in [7, 11) is 6.02. The molecule has 1 atom stereocenters. The zero-order valence-corrected chi connectivity index (χ0v) is 16.9. The minimum absolute atomic E-state index is 0.0544. The molecule has 28 heavy (non-hydrogen) atoms. The van der Waals surface area contributed by atoms with E-state index in [1.165, 1.54) is 12.1 Å². The van der Waals surface area contributed by atoms with Gasteiger partial charge in [-0.15, -0.1) is 0 Å². The summed E-state index contributed by atoms with van der Waals surface area (Å²) >= 11 is 0. The number of hydrogen-bond donors (Lipinski definition) is 0. The van der Waals surface area contributed by atoms with Crippen LogP contribution in [0.3, 0.4) is 0 Å². The van der Waals surface area contributed by atoms with Gasteiger partial charge in [-0.1, -0.05) is 6.07 Å². The van der Waals surface area contributed by atoms with Crippen LogP contribution in [0.25, 0.3) is 0 Å². The number of carbonyl (C=O) groups is 1. The second kappa shape index (κ2) is 9.19. The maximum Gasteiger partial charge on any atom is 0.223 e. The number of amides is 1. The number of hydrogen-bond acceptors (Lipinski definition) is 4. The van der Waals surface area contributed by atoms with Crippen LogP contribution in [0.2, 0.25) is 0 Å². The summed E-state index contributed by atoms with van der Waals surface area (Å²) in [5.74, 6) is 0.302. The van der Waals surface area contributed by atoms with E-state index in [-0.39, 0.29) is 17.8 Å². The number of aryl methyl sites for hydroxylation is 1. The van der Waals surface area contributed by atoms with Gasteiger partial charge in [-0.3, -0.25) is 9.48 Å². The van der Waals surface area contributed by atoms with Crippen LogP contribution in [0.1, 0.15) is 43.1 Å². The van der Waals surface area contributed by atoms with E-state index in [2.05, 4.69) is 16.1 Å². The van der Waals surface area contributed by atoms with E-state index in [1.54, 1.807) is 12.1 Å². The standard InChI is InChI=1S/C21H29FN4O2/c1-24(2)15-17-14-19(23-25(17)3)20-9-5-11-26(20)21(27)10-6-12-28-18-8-4-7-16(22)13-18/h4,7-8,13-14,20H,5-6,9-12,15H2,1-3H3. The van der Waals surface area contributed by atoms with Crippen molar-refractivity contribution in [3.05, 3.63) is 47.5 Å². The molecular weight excluding hydrogens is 359 g/mol. The molecule has 152 valence electrons. The van der Waals surface area contributed by atoms with E-state index in [1.807, 2.05) is 30.7 Å². The van der Waals surface area contributed by atoms with Gasteiger partial charge in [0.1, 0.15) is 11.6 Å². The topological polar surface area (TPSA) is 50.6 Å². The van der Waals surface area contributed by atoms with E-state index in [0.29, 0.717) is 25.2 Å². The number of halogens is 1. The number of nitrogens with zero attached hydrogens (tertiary/aromatic N) is 4. The molecule has 6 nitrogen and oxygen atoms in total. The molecule has 0 spiro atoms. The normalized spacial score (nSPS) is 16.8. The number of aromatic nitrogens is 2. The van der Waals surface area contributed by atoms with Gasteiger partial charge in [0.25, 0.3) is 0 Å². The number of rotatable bonds is 8. The molecule has 1 aliphatic rings. The Morgan fingerprint density at radius 1 is 1.36 bits per heavy atom. The van der Waals surface area contributed by atoms with Crippen molar-refractivity contribution in [3.8, 4) is 5.75 Å². The summed E-state index contributed by atoms with van der Waals surface area (Å²) in [5.41, 5.74) is 2.11. The van der Waals surface area contributed by atoms with Crippen LogP contribution >= 0.6 is 0 Å². The first-order valence-corrected chi connectivity index (χ1v) is 9.79. The molecule has 0 saturated carbocycles. The SMILES string of the molecule is CN(C)Cc1cc(C2CCCN2C(=O)CCCOc2cccc(F)c2)nn1C. The molecule has 0 N–H and O–H groups in total. The third-order valence-electron chi connectivity index (χ3n) is 4.99. The molecular formula is C21H29FN4O2. The Bertz CT molecular complexity index is 805. The molecule has 7 heteroatoms. The Morgan fingerprint density at radius 2 is 2.18 bits per heavy atom. The van der Waals surface area contributed by atoms with E-state index in [0.717, 1.165) is 37.3 Å². The second-order valence-electron chi connectivity index (χ2n) is 7.58. The van der Waals surface area contributed by atoms with Crippen molar-refractivity contribution in [2.75, 3.05) is 27.2 Å².